The molecule has 0 aliphatic heterocycles. The Morgan fingerprint density at radius 2 is 1.65 bits per heavy atom. The molecule has 1 aromatic rings. The number of hydrogen-bond acceptors (Lipinski definition) is 4. The molecule has 26 heavy (non-hydrogen) atoms. The van der Waals surface area contributed by atoms with Crippen LogP contribution in [-0.2, 0) is 14.4 Å². The third kappa shape index (κ3) is 8.23. The maximum absolute atomic E-state index is 12.1. The molecule has 7 nitrogen and oxygen atoms in total. The summed E-state index contributed by atoms with van der Waals surface area (Å²) in [4.78, 5) is 45.4. The molecule has 0 aliphatic rings. The van der Waals surface area contributed by atoms with Gasteiger partial charge in [0.1, 0.15) is 0 Å². The molecule has 0 aliphatic carbocycles. The minimum atomic E-state index is -0.825. The van der Waals surface area contributed by atoms with Crippen molar-refractivity contribution >= 4 is 29.3 Å². The second-order valence-corrected chi connectivity index (χ2v) is 5.91. The van der Waals surface area contributed by atoms with Crippen LogP contribution in [0.2, 0.25) is 0 Å². The number of ketones is 1. The lowest BCUT2D eigenvalue weighted by molar-refractivity contribution is -0.137. The van der Waals surface area contributed by atoms with Crippen molar-refractivity contribution in [3.8, 4) is 0 Å². The van der Waals surface area contributed by atoms with Gasteiger partial charge in [-0.15, -0.1) is 0 Å². The van der Waals surface area contributed by atoms with Crippen LogP contribution < -0.4 is 10.6 Å². The van der Waals surface area contributed by atoms with Crippen molar-refractivity contribution in [1.29, 1.82) is 0 Å². The zero-order valence-electron chi connectivity index (χ0n) is 15.0. The molecule has 3 N–H and O–H groups in total. The van der Waals surface area contributed by atoms with E-state index in [4.69, 9.17) is 5.11 Å². The highest BCUT2D eigenvalue weighted by atomic mass is 16.4. The van der Waals surface area contributed by atoms with E-state index in [-0.39, 0.29) is 23.7 Å². The summed E-state index contributed by atoms with van der Waals surface area (Å²) < 4.78 is 0. The number of rotatable bonds is 10. The number of hydrogen-bond donors (Lipinski definition) is 3. The molecule has 0 saturated carbocycles. The van der Waals surface area contributed by atoms with E-state index in [0.717, 1.165) is 0 Å². The summed E-state index contributed by atoms with van der Waals surface area (Å²) >= 11 is 0. The Kier molecular flexibility index (Phi) is 8.77. The molecule has 0 heterocycles. The maximum atomic E-state index is 12.1. The number of carboxylic acid groups (broad SMARTS) is 1. The van der Waals surface area contributed by atoms with Gasteiger partial charge in [0.15, 0.2) is 5.78 Å². The fourth-order valence-electron chi connectivity index (χ4n) is 2.12. The minimum Gasteiger partial charge on any atom is -0.481 e. The lowest BCUT2D eigenvalue weighted by Gasteiger charge is -2.07. The largest absolute Gasteiger partial charge is 0.481 e. The van der Waals surface area contributed by atoms with Crippen LogP contribution in [0.15, 0.2) is 35.9 Å². The highest BCUT2D eigenvalue weighted by Crippen LogP contribution is 2.11. The number of amides is 2. The van der Waals surface area contributed by atoms with Crippen LogP contribution in [0.5, 0.6) is 0 Å². The smallest absolute Gasteiger partial charge is 0.303 e. The normalized spacial score (nSPS) is 10.9. The van der Waals surface area contributed by atoms with Crippen LogP contribution >= 0.6 is 0 Å². The summed E-state index contributed by atoms with van der Waals surface area (Å²) in [6.45, 7) is 3.42. The molecule has 0 bridgehead atoms. The average molecular weight is 360 g/mol. The molecule has 0 spiro atoms. The van der Waals surface area contributed by atoms with Gasteiger partial charge in [0.25, 0.3) is 5.91 Å². The van der Waals surface area contributed by atoms with Crippen molar-refractivity contribution in [1.82, 2.24) is 5.32 Å². The molecule has 1 aromatic carbocycles. The number of unbranched alkanes of at least 4 members (excludes halogenated alkanes) is 2. The number of carboxylic acids is 1. The summed E-state index contributed by atoms with van der Waals surface area (Å²) in [6.07, 6.45) is 3.31. The molecule has 140 valence electrons. The van der Waals surface area contributed by atoms with Gasteiger partial charge < -0.3 is 15.7 Å². The van der Waals surface area contributed by atoms with Gasteiger partial charge in [0.05, 0.1) is 0 Å². The summed E-state index contributed by atoms with van der Waals surface area (Å²) in [5.41, 5.74) is 1.34. The van der Waals surface area contributed by atoms with Gasteiger partial charge in [0.2, 0.25) is 5.91 Å². The highest BCUT2D eigenvalue weighted by Gasteiger charge is 2.08. The summed E-state index contributed by atoms with van der Waals surface area (Å²) in [7, 11) is 0. The van der Waals surface area contributed by atoms with Crippen LogP contribution in [0.1, 0.15) is 49.9 Å². The summed E-state index contributed by atoms with van der Waals surface area (Å²) in [5, 5.41) is 13.8. The van der Waals surface area contributed by atoms with Crippen molar-refractivity contribution in [3.63, 3.8) is 0 Å². The van der Waals surface area contributed by atoms with Gasteiger partial charge in [-0.3, -0.25) is 19.2 Å². The Hall–Kier alpha value is -2.96. The molecule has 0 unspecified atom stereocenters. The minimum absolute atomic E-state index is 0.0569. The quantitative estimate of drug-likeness (QED) is 0.337. The first-order valence-electron chi connectivity index (χ1n) is 8.40. The van der Waals surface area contributed by atoms with E-state index in [1.807, 2.05) is 0 Å². The molecule has 7 heteroatoms. The molecule has 0 fully saturated rings. The average Bonchev–Trinajstić information content (AvgIpc) is 2.58. The van der Waals surface area contributed by atoms with E-state index in [0.29, 0.717) is 37.1 Å². The molecular weight excluding hydrogens is 336 g/mol. The Labute approximate surface area is 152 Å². The van der Waals surface area contributed by atoms with Crippen LogP contribution in [0.25, 0.3) is 0 Å². The summed E-state index contributed by atoms with van der Waals surface area (Å²) in [6, 6.07) is 6.49. The van der Waals surface area contributed by atoms with E-state index in [1.54, 1.807) is 24.3 Å². The van der Waals surface area contributed by atoms with Gasteiger partial charge in [-0.05, 0) is 51.0 Å². The van der Waals surface area contributed by atoms with Crippen molar-refractivity contribution < 1.29 is 24.3 Å². The molecular formula is C19H24N2O5. The molecule has 0 aromatic heterocycles. The Morgan fingerprint density at radius 3 is 2.23 bits per heavy atom. The monoisotopic (exact) mass is 360 g/mol. The third-order valence-corrected chi connectivity index (χ3v) is 3.62. The summed E-state index contributed by atoms with van der Waals surface area (Å²) in [5.74, 6) is -1.66. The lowest BCUT2D eigenvalue weighted by atomic mass is 10.1. The van der Waals surface area contributed by atoms with E-state index >= 15 is 0 Å². The number of benzene rings is 1. The Bertz CT molecular complexity index is 692. The number of nitrogens with one attached hydrogen (secondary N) is 2. The number of carbonyl (C=O) groups excluding carboxylic acids is 3. The molecule has 1 rings (SSSR count). The van der Waals surface area contributed by atoms with Crippen LogP contribution in [0, 0.1) is 0 Å². The van der Waals surface area contributed by atoms with Gasteiger partial charge in [-0.2, -0.15) is 0 Å². The second-order valence-electron chi connectivity index (χ2n) is 5.91. The first-order valence-corrected chi connectivity index (χ1v) is 8.40. The fourth-order valence-corrected chi connectivity index (χ4v) is 2.12. The van der Waals surface area contributed by atoms with E-state index < -0.39 is 11.9 Å². The standard InChI is InChI=1S/C19H24N2O5/c1-13(12-17(23)20-11-5-3-4-6-18(24)25)19(26)21-16-9-7-15(8-10-16)14(2)22/h7-10,12H,3-6,11H2,1-2H3,(H,20,23)(H,21,26)(H,24,25)/b13-12-. The van der Waals surface area contributed by atoms with Gasteiger partial charge >= 0.3 is 5.97 Å². The fraction of sp³-hybridized carbons (Fsp3) is 0.368. The number of anilines is 1. The maximum Gasteiger partial charge on any atom is 0.303 e. The molecule has 0 atom stereocenters. The molecule has 0 saturated heterocycles. The predicted molar refractivity (Wildman–Crippen MR) is 97.9 cm³/mol. The molecule has 0 radical (unpaired) electrons. The van der Waals surface area contributed by atoms with Crippen LogP contribution in [-0.4, -0.2) is 35.2 Å². The van der Waals surface area contributed by atoms with Crippen molar-refractivity contribution in [3.05, 3.63) is 41.5 Å². The van der Waals surface area contributed by atoms with Gasteiger partial charge in [-0.25, -0.2) is 0 Å². The zero-order valence-corrected chi connectivity index (χ0v) is 15.0. The first-order chi connectivity index (χ1) is 12.3. The van der Waals surface area contributed by atoms with Crippen LogP contribution in [0.3, 0.4) is 0 Å². The van der Waals surface area contributed by atoms with Gasteiger partial charge in [0, 0.05) is 35.9 Å². The SMILES string of the molecule is CC(=O)c1ccc(NC(=O)/C(C)=C\C(=O)NCCCCCC(=O)O)cc1. The molecule has 2 amide bonds. The lowest BCUT2D eigenvalue weighted by Crippen LogP contribution is -2.24. The number of aliphatic carboxylic acids is 1. The van der Waals surface area contributed by atoms with E-state index in [1.165, 1.54) is 19.9 Å². The predicted octanol–water partition coefficient (Wildman–Crippen LogP) is 2.54. The topological polar surface area (TPSA) is 113 Å². The van der Waals surface area contributed by atoms with Crippen molar-refractivity contribution in [2.45, 2.75) is 39.5 Å². The van der Waals surface area contributed by atoms with Crippen molar-refractivity contribution in [2.75, 3.05) is 11.9 Å². The third-order valence-electron chi connectivity index (χ3n) is 3.62. The number of Topliss-reactive ketones (excluding diaryl/α,β-unsaturated/α-hetero) is 1. The Morgan fingerprint density at radius 1 is 1.00 bits per heavy atom. The zero-order chi connectivity index (χ0) is 19.5. The first kappa shape index (κ1) is 21.1. The van der Waals surface area contributed by atoms with Gasteiger partial charge in [-0.1, -0.05) is 6.42 Å². The number of carbonyl (C=O) groups is 4. The Balaban J connectivity index is 2.40. The van der Waals surface area contributed by atoms with E-state index in [2.05, 4.69) is 10.6 Å². The highest BCUT2D eigenvalue weighted by molar-refractivity contribution is 6.07. The van der Waals surface area contributed by atoms with Crippen LogP contribution in [0.4, 0.5) is 5.69 Å². The van der Waals surface area contributed by atoms with E-state index in [9.17, 15) is 19.2 Å². The second kappa shape index (κ2) is 10.8. The van der Waals surface area contributed by atoms with Crippen molar-refractivity contribution in [2.24, 2.45) is 0 Å².